The van der Waals surface area contributed by atoms with Gasteiger partial charge in [-0.3, -0.25) is 0 Å². The summed E-state index contributed by atoms with van der Waals surface area (Å²) in [5.74, 6) is 0. The van der Waals surface area contributed by atoms with Gasteiger partial charge < -0.3 is 0 Å². The Morgan fingerprint density at radius 2 is 1.33 bits per heavy atom. The molecule has 0 heterocycles. The van der Waals surface area contributed by atoms with Crippen molar-refractivity contribution in [3.63, 3.8) is 0 Å². The molecule has 0 fully saturated rings. The summed E-state index contributed by atoms with van der Waals surface area (Å²) in [4.78, 5) is 0. The van der Waals surface area contributed by atoms with Crippen LogP contribution in [0.5, 0.6) is 0 Å². The Hall–Kier alpha value is 2.28. The summed E-state index contributed by atoms with van der Waals surface area (Å²) in [6.07, 6.45) is 0. The molecule has 0 N–H and O–H groups in total. The number of hydrogen-bond acceptors (Lipinski definition) is 0. The van der Waals surface area contributed by atoms with Crippen LogP contribution in [0.15, 0.2) is 18.2 Å². The summed E-state index contributed by atoms with van der Waals surface area (Å²) in [6, 6.07) is 6.16. The number of rotatable bonds is 3. The Bertz CT molecular complexity index is 244. The van der Waals surface area contributed by atoms with E-state index in [1.54, 1.807) is 0 Å². The molecule has 0 radical (unpaired) electrons. The van der Waals surface area contributed by atoms with Crippen LogP contribution >= 0.6 is 26.7 Å². The quantitative estimate of drug-likeness (QED) is 0.255. The molecule has 1 aromatic carbocycles. The Labute approximate surface area is 114 Å². The molecule has 0 aliphatic carbocycles. The van der Waals surface area contributed by atoms with Gasteiger partial charge >= 0.3 is 116 Å². The maximum absolute atomic E-state index is 5.92. The van der Waals surface area contributed by atoms with Gasteiger partial charge in [-0.1, -0.05) is 0 Å². The van der Waals surface area contributed by atoms with Crippen LogP contribution in [-0.2, 0) is 0 Å². The summed E-state index contributed by atoms with van der Waals surface area (Å²) < 4.78 is 3.80. The van der Waals surface area contributed by atoms with E-state index in [0.717, 1.165) is 0 Å². The van der Waals surface area contributed by atoms with Crippen molar-refractivity contribution in [2.75, 3.05) is 0 Å². The van der Waals surface area contributed by atoms with Crippen molar-refractivity contribution in [2.45, 2.75) is 0 Å². The van der Waals surface area contributed by atoms with Crippen LogP contribution in [0.2, 0.25) is 0 Å². The van der Waals surface area contributed by atoms with Crippen LogP contribution in [0, 0.1) is 10.7 Å². The van der Waals surface area contributed by atoms with Gasteiger partial charge in [-0.25, -0.2) is 0 Å². The topological polar surface area (TPSA) is 0 Å². The molecule has 0 unspecified atom stereocenters. The number of benzene rings is 1. The van der Waals surface area contributed by atoms with E-state index in [1.807, 2.05) is 6.07 Å². The molecule has 0 saturated carbocycles. The van der Waals surface area contributed by atoms with Crippen molar-refractivity contribution in [2.24, 2.45) is 0 Å². The zero-order chi connectivity index (χ0) is 8.97. The normalized spacial score (nSPS) is 11.2. The van der Waals surface area contributed by atoms with E-state index < -0.39 is 0 Å². The first-order valence-electron chi connectivity index (χ1n) is 2.74. The van der Waals surface area contributed by atoms with Crippen LogP contribution in [0.25, 0.3) is 0 Å². The van der Waals surface area contributed by atoms with Gasteiger partial charge in [0.25, 0.3) is 0 Å². The van der Waals surface area contributed by atoms with Crippen molar-refractivity contribution in [3.05, 3.63) is 28.9 Å². The molecule has 1 rings (SSSR count). The Morgan fingerprint density at radius 3 is 1.67 bits per heavy atom. The molecule has 0 saturated heterocycles. The van der Waals surface area contributed by atoms with Crippen molar-refractivity contribution in [3.8, 4) is 0 Å². The maximum atomic E-state index is 5.92. The van der Waals surface area contributed by atoms with Gasteiger partial charge in [-0.05, 0) is 0 Å². The minimum absolute atomic E-state index is 0.367. The summed E-state index contributed by atoms with van der Waals surface area (Å²) in [5, 5.41) is 0. The first-order chi connectivity index (χ1) is 5.83. The molecule has 72 valence electrons. The summed E-state index contributed by atoms with van der Waals surface area (Å²) >= 11 is -1.12. The standard InChI is InChI=1S/C6H3Cl3I3/c7-10-4-2-1-3-5(11-8)6(4)12-9/h1-3H/q-3. The van der Waals surface area contributed by atoms with Crippen molar-refractivity contribution < 1.29 is 60.2 Å². The van der Waals surface area contributed by atoms with Crippen molar-refractivity contribution >= 4 is 26.7 Å². The van der Waals surface area contributed by atoms with Crippen LogP contribution in [0.3, 0.4) is 0 Å². The van der Waals surface area contributed by atoms with Gasteiger partial charge in [0.2, 0.25) is 0 Å². The van der Waals surface area contributed by atoms with Gasteiger partial charge in [-0.15, -0.1) is 0 Å². The average molecular weight is 562 g/mol. The zero-order valence-electron chi connectivity index (χ0n) is 5.50. The molecule has 0 aliphatic rings. The number of halogens is 6. The minimum atomic E-state index is -0.388. The molecule has 12 heavy (non-hydrogen) atoms. The molecule has 0 aromatic heterocycles. The van der Waals surface area contributed by atoms with E-state index in [1.165, 1.54) is 10.7 Å². The van der Waals surface area contributed by atoms with E-state index in [4.69, 9.17) is 26.7 Å². The fourth-order valence-corrected chi connectivity index (χ4v) is 12.1. The summed E-state index contributed by atoms with van der Waals surface area (Å²) in [5.41, 5.74) is 0. The van der Waals surface area contributed by atoms with Gasteiger partial charge in [0, 0.05) is 0 Å². The van der Waals surface area contributed by atoms with Crippen LogP contribution in [0.4, 0.5) is 0 Å². The molecule has 0 aliphatic heterocycles. The third-order valence-corrected chi connectivity index (χ3v) is 10.5. The molecule has 0 amide bonds. The fourth-order valence-electron chi connectivity index (χ4n) is 0.656. The van der Waals surface area contributed by atoms with Crippen molar-refractivity contribution in [1.82, 2.24) is 0 Å². The summed E-state index contributed by atoms with van der Waals surface area (Å²) in [6.45, 7) is 0. The van der Waals surface area contributed by atoms with E-state index in [9.17, 15) is 0 Å². The average Bonchev–Trinajstić information content (AvgIpc) is 2.16. The third kappa shape index (κ3) is 3.15. The van der Waals surface area contributed by atoms with Gasteiger partial charge in [0.05, 0.1) is 0 Å². The van der Waals surface area contributed by atoms with Crippen molar-refractivity contribution in [1.29, 1.82) is 0 Å². The predicted octanol–water partition coefficient (Wildman–Crippen LogP) is -6.08. The second-order valence-corrected chi connectivity index (χ2v) is 9.25. The monoisotopic (exact) mass is 561 g/mol. The molecular formula is C6H3Cl3I3-3. The molecule has 6 heteroatoms. The number of hydrogen-bond donors (Lipinski definition) is 0. The van der Waals surface area contributed by atoms with Gasteiger partial charge in [0.15, 0.2) is 0 Å². The third-order valence-electron chi connectivity index (χ3n) is 1.13. The Morgan fingerprint density at radius 1 is 0.833 bits per heavy atom. The molecular weight excluding hydrogens is 559 g/mol. The predicted molar refractivity (Wildman–Crippen MR) is 40.1 cm³/mol. The molecule has 0 bridgehead atoms. The second-order valence-electron chi connectivity index (χ2n) is 1.75. The van der Waals surface area contributed by atoms with E-state index in [-0.39, 0.29) is 60.2 Å². The Kier molecular flexibility index (Phi) is 6.90. The first-order valence-corrected chi connectivity index (χ1v) is 14.2. The van der Waals surface area contributed by atoms with E-state index in [0.29, 0.717) is 0 Å². The van der Waals surface area contributed by atoms with E-state index >= 15 is 0 Å². The van der Waals surface area contributed by atoms with Gasteiger partial charge in [-0.2, -0.15) is 0 Å². The zero-order valence-corrected chi connectivity index (χ0v) is 14.2. The SMILES string of the molecule is Cl[I-]c1cccc([I-]Cl)c1[I-]Cl. The van der Waals surface area contributed by atoms with Gasteiger partial charge in [0.1, 0.15) is 0 Å². The fraction of sp³-hybridized carbons (Fsp3) is 0. The van der Waals surface area contributed by atoms with Crippen LogP contribution in [-0.4, -0.2) is 0 Å². The second kappa shape index (κ2) is 6.71. The first kappa shape index (κ1) is 12.4. The molecule has 0 spiro atoms. The van der Waals surface area contributed by atoms with Crippen LogP contribution in [0.1, 0.15) is 0 Å². The summed E-state index contributed by atoms with van der Waals surface area (Å²) in [7, 11) is 17.7. The molecule has 0 atom stereocenters. The van der Waals surface area contributed by atoms with E-state index in [2.05, 4.69) is 12.1 Å². The Balaban J connectivity index is 3.13. The van der Waals surface area contributed by atoms with Crippen LogP contribution < -0.4 is 60.2 Å². The molecule has 1 aromatic rings. The molecule has 0 nitrogen and oxygen atoms in total.